The molecule has 0 aliphatic carbocycles. The molecular weight excluding hydrogens is 602 g/mol. The van der Waals surface area contributed by atoms with Gasteiger partial charge < -0.3 is 34.6 Å². The minimum Gasteiger partial charge on any atom is -0.497 e. The third-order valence-corrected chi connectivity index (χ3v) is 7.59. The molecule has 47 heavy (non-hydrogen) atoms. The number of rotatable bonds is 10. The van der Waals surface area contributed by atoms with Crippen LogP contribution in [0.4, 0.5) is 4.79 Å². The van der Waals surface area contributed by atoms with Crippen LogP contribution in [0.15, 0.2) is 66.7 Å². The standard InChI is InChI=1S/C35H43N5O7/c1-21(2)32(42)39(7)20-28(38-34(44)47-35(3,4)5)33(43)40-19-24(17-29(40)31(41)36-6)46-30-18-26(22-12-10-9-11-13-22)37-27-16-23(45-8)14-15-25(27)30/h9-16,18,24,28-29H,1,17,19-20H2,2-8H3,(H,36,41)(H,38,44)/t24-,28+,29+/m1/s1. The van der Waals surface area contributed by atoms with E-state index in [-0.39, 0.29) is 31.0 Å². The van der Waals surface area contributed by atoms with Crippen molar-refractivity contribution >= 4 is 34.7 Å². The van der Waals surface area contributed by atoms with Crippen LogP contribution in [-0.4, -0.2) is 96.7 Å². The zero-order valence-electron chi connectivity index (χ0n) is 28.0. The molecule has 1 aromatic heterocycles. The smallest absolute Gasteiger partial charge is 0.408 e. The molecule has 4 rings (SSSR count). The molecule has 0 saturated carbocycles. The van der Waals surface area contributed by atoms with Gasteiger partial charge >= 0.3 is 6.09 Å². The number of nitrogens with one attached hydrogen (secondary N) is 2. The highest BCUT2D eigenvalue weighted by molar-refractivity contribution is 5.95. The molecule has 250 valence electrons. The van der Waals surface area contributed by atoms with Crippen LogP contribution in [0.5, 0.6) is 11.5 Å². The van der Waals surface area contributed by atoms with Gasteiger partial charge in [0.2, 0.25) is 17.7 Å². The Morgan fingerprint density at radius 3 is 2.43 bits per heavy atom. The van der Waals surface area contributed by atoms with Crippen LogP contribution in [0.25, 0.3) is 22.2 Å². The van der Waals surface area contributed by atoms with E-state index in [0.29, 0.717) is 22.7 Å². The van der Waals surface area contributed by atoms with Crippen molar-refractivity contribution in [2.75, 3.05) is 34.3 Å². The Labute approximate surface area is 275 Å². The summed E-state index contributed by atoms with van der Waals surface area (Å²) in [7, 11) is 4.58. The Morgan fingerprint density at radius 2 is 1.81 bits per heavy atom. The van der Waals surface area contributed by atoms with Gasteiger partial charge in [-0.1, -0.05) is 36.9 Å². The molecule has 12 heteroatoms. The molecule has 1 aliphatic heterocycles. The average Bonchev–Trinajstić information content (AvgIpc) is 3.45. The number of ether oxygens (including phenoxy) is 3. The highest BCUT2D eigenvalue weighted by Crippen LogP contribution is 2.34. The molecule has 2 aromatic carbocycles. The fourth-order valence-corrected chi connectivity index (χ4v) is 5.40. The normalized spacial score (nSPS) is 16.6. The largest absolute Gasteiger partial charge is 0.497 e. The number of carbonyl (C=O) groups excluding carboxylic acids is 4. The van der Waals surface area contributed by atoms with E-state index < -0.39 is 41.7 Å². The molecule has 0 radical (unpaired) electrons. The number of aromatic nitrogens is 1. The van der Waals surface area contributed by atoms with Crippen molar-refractivity contribution in [2.24, 2.45) is 0 Å². The summed E-state index contributed by atoms with van der Waals surface area (Å²) in [6.45, 7) is 10.2. The van der Waals surface area contributed by atoms with Gasteiger partial charge in [0, 0.05) is 49.2 Å². The third-order valence-electron chi connectivity index (χ3n) is 7.59. The first-order valence-electron chi connectivity index (χ1n) is 15.3. The maximum absolute atomic E-state index is 14.2. The van der Waals surface area contributed by atoms with E-state index >= 15 is 0 Å². The van der Waals surface area contributed by atoms with E-state index in [2.05, 4.69) is 17.2 Å². The topological polar surface area (TPSA) is 139 Å². The van der Waals surface area contributed by atoms with Gasteiger partial charge in [0.25, 0.3) is 0 Å². The van der Waals surface area contributed by atoms with Crippen molar-refractivity contribution in [1.82, 2.24) is 25.4 Å². The molecule has 0 bridgehead atoms. The van der Waals surface area contributed by atoms with Gasteiger partial charge in [0.1, 0.15) is 35.3 Å². The molecule has 1 aliphatic rings. The molecule has 2 N–H and O–H groups in total. The number of nitrogens with zero attached hydrogens (tertiary/aromatic N) is 3. The average molecular weight is 646 g/mol. The lowest BCUT2D eigenvalue weighted by atomic mass is 10.1. The first kappa shape index (κ1) is 34.7. The lowest BCUT2D eigenvalue weighted by molar-refractivity contribution is -0.140. The third kappa shape index (κ3) is 8.57. The number of amides is 4. The summed E-state index contributed by atoms with van der Waals surface area (Å²) in [4.78, 5) is 60.3. The zero-order chi connectivity index (χ0) is 34.5. The number of likely N-dealkylation sites (tertiary alicyclic amines) is 1. The van der Waals surface area contributed by atoms with E-state index in [4.69, 9.17) is 19.2 Å². The number of methoxy groups -OCH3 is 1. The van der Waals surface area contributed by atoms with Crippen LogP contribution in [0.1, 0.15) is 34.1 Å². The van der Waals surface area contributed by atoms with E-state index in [1.807, 2.05) is 54.6 Å². The van der Waals surface area contributed by atoms with Crippen LogP contribution in [0, 0.1) is 0 Å². The molecular formula is C35H43N5O7. The van der Waals surface area contributed by atoms with Crippen LogP contribution >= 0.6 is 0 Å². The van der Waals surface area contributed by atoms with Crippen molar-refractivity contribution in [3.63, 3.8) is 0 Å². The van der Waals surface area contributed by atoms with Gasteiger partial charge in [-0.15, -0.1) is 0 Å². The summed E-state index contributed by atoms with van der Waals surface area (Å²) in [5.74, 6) is -0.180. The molecule has 4 amide bonds. The lowest BCUT2D eigenvalue weighted by Crippen LogP contribution is -2.57. The molecule has 0 unspecified atom stereocenters. The van der Waals surface area contributed by atoms with Crippen LogP contribution in [0.2, 0.25) is 0 Å². The van der Waals surface area contributed by atoms with E-state index in [0.717, 1.165) is 10.9 Å². The zero-order valence-corrected chi connectivity index (χ0v) is 28.0. The molecule has 12 nitrogen and oxygen atoms in total. The predicted molar refractivity (Wildman–Crippen MR) is 178 cm³/mol. The van der Waals surface area contributed by atoms with Crippen molar-refractivity contribution < 1.29 is 33.4 Å². The number of alkyl carbamates (subject to hydrolysis) is 1. The monoisotopic (exact) mass is 645 g/mol. The molecule has 3 atom stereocenters. The summed E-state index contributed by atoms with van der Waals surface area (Å²) < 4.78 is 17.4. The number of fused-ring (bicyclic) bond motifs is 1. The summed E-state index contributed by atoms with van der Waals surface area (Å²) in [5.41, 5.74) is 1.66. The van der Waals surface area contributed by atoms with Gasteiger partial charge in [-0.05, 0) is 39.8 Å². The maximum Gasteiger partial charge on any atom is 0.408 e. The maximum atomic E-state index is 14.2. The van der Waals surface area contributed by atoms with E-state index in [1.54, 1.807) is 34.8 Å². The van der Waals surface area contributed by atoms with Gasteiger partial charge in [-0.2, -0.15) is 0 Å². The number of hydrogen-bond donors (Lipinski definition) is 2. The molecule has 3 aromatic rings. The minimum atomic E-state index is -1.22. The first-order valence-corrected chi connectivity index (χ1v) is 15.3. The van der Waals surface area contributed by atoms with Crippen LogP contribution in [-0.2, 0) is 19.1 Å². The van der Waals surface area contributed by atoms with Gasteiger partial charge in [-0.25, -0.2) is 9.78 Å². The number of benzene rings is 2. The molecule has 1 fully saturated rings. The van der Waals surface area contributed by atoms with Crippen molar-refractivity contribution in [1.29, 1.82) is 0 Å². The van der Waals surface area contributed by atoms with Gasteiger partial charge in [0.15, 0.2) is 0 Å². The molecule has 0 spiro atoms. The number of carbonyl (C=O) groups is 4. The lowest BCUT2D eigenvalue weighted by Gasteiger charge is -2.31. The fraction of sp³-hybridized carbons (Fsp3) is 0.400. The summed E-state index contributed by atoms with van der Waals surface area (Å²) >= 11 is 0. The van der Waals surface area contributed by atoms with Crippen LogP contribution < -0.4 is 20.1 Å². The Hall–Kier alpha value is -5.13. The fourth-order valence-electron chi connectivity index (χ4n) is 5.40. The number of pyridine rings is 1. The highest BCUT2D eigenvalue weighted by atomic mass is 16.6. The Balaban J connectivity index is 1.67. The Bertz CT molecular complexity index is 1650. The van der Waals surface area contributed by atoms with E-state index in [9.17, 15) is 19.2 Å². The number of likely N-dealkylation sites (N-methyl/N-ethyl adjacent to an activating group) is 2. The minimum absolute atomic E-state index is 0.0439. The second-order valence-corrected chi connectivity index (χ2v) is 12.5. The van der Waals surface area contributed by atoms with Crippen molar-refractivity contribution in [3.8, 4) is 22.8 Å². The van der Waals surface area contributed by atoms with Gasteiger partial charge in [0.05, 0.1) is 31.4 Å². The summed E-state index contributed by atoms with van der Waals surface area (Å²) in [6, 6.07) is 14.9. The second-order valence-electron chi connectivity index (χ2n) is 12.5. The molecule has 2 heterocycles. The van der Waals surface area contributed by atoms with E-state index in [1.165, 1.54) is 23.9 Å². The predicted octanol–water partition coefficient (Wildman–Crippen LogP) is 3.93. The van der Waals surface area contributed by atoms with Gasteiger partial charge in [-0.3, -0.25) is 14.4 Å². The van der Waals surface area contributed by atoms with Crippen LogP contribution in [0.3, 0.4) is 0 Å². The first-order chi connectivity index (χ1) is 22.2. The second kappa shape index (κ2) is 14.5. The summed E-state index contributed by atoms with van der Waals surface area (Å²) in [6.07, 6.45) is -1.23. The quantitative estimate of drug-likeness (QED) is 0.316. The highest BCUT2D eigenvalue weighted by Gasteiger charge is 2.43. The molecule has 1 saturated heterocycles. The Kier molecular flexibility index (Phi) is 10.7. The SMILES string of the molecule is C=C(C)C(=O)N(C)C[C@H](NC(=O)OC(C)(C)C)C(=O)N1C[C@H](Oc2cc(-c3ccccc3)nc3cc(OC)ccc23)C[C@H]1C(=O)NC. The van der Waals surface area contributed by atoms with Crippen molar-refractivity contribution in [2.45, 2.75) is 57.9 Å². The Morgan fingerprint density at radius 1 is 1.11 bits per heavy atom. The van der Waals surface area contributed by atoms with Crippen molar-refractivity contribution in [3.05, 3.63) is 66.7 Å². The number of hydrogen-bond acceptors (Lipinski definition) is 8. The summed E-state index contributed by atoms with van der Waals surface area (Å²) in [5, 5.41) is 5.97.